The largest absolute Gasteiger partial charge is 0.396 e. The molecule has 3 rings (SSSR count). The predicted octanol–water partition coefficient (Wildman–Crippen LogP) is 1.19. The maximum Gasteiger partial charge on any atom is 0.268 e. The van der Waals surface area contributed by atoms with Gasteiger partial charge in [-0.3, -0.25) is 9.69 Å². The van der Waals surface area contributed by atoms with E-state index in [0.717, 1.165) is 37.3 Å². The van der Waals surface area contributed by atoms with Gasteiger partial charge >= 0.3 is 0 Å². The van der Waals surface area contributed by atoms with E-state index in [1.165, 1.54) is 11.3 Å². The van der Waals surface area contributed by atoms with Crippen molar-refractivity contribution >= 4 is 21.6 Å². The number of nitrogens with one attached hydrogen (secondary N) is 1. The Bertz CT molecular complexity index is 622. The zero-order valence-electron chi connectivity index (χ0n) is 10.6. The molecule has 6 heteroatoms. The lowest BCUT2D eigenvalue weighted by atomic mass is 10.1. The molecule has 0 amide bonds. The Morgan fingerprint density at radius 2 is 2.47 bits per heavy atom. The van der Waals surface area contributed by atoms with Crippen LogP contribution in [0, 0.1) is 5.92 Å². The van der Waals surface area contributed by atoms with E-state index in [-0.39, 0.29) is 12.2 Å². The van der Waals surface area contributed by atoms with Gasteiger partial charge in [-0.1, -0.05) is 0 Å². The first-order valence-corrected chi connectivity index (χ1v) is 7.44. The molecule has 5 nitrogen and oxygen atoms in total. The lowest BCUT2D eigenvalue weighted by Gasteiger charge is -2.14. The van der Waals surface area contributed by atoms with Gasteiger partial charge in [0, 0.05) is 13.2 Å². The van der Waals surface area contributed by atoms with Crippen molar-refractivity contribution in [2.75, 3.05) is 19.7 Å². The van der Waals surface area contributed by atoms with E-state index >= 15 is 0 Å². The van der Waals surface area contributed by atoms with Crippen LogP contribution in [0.5, 0.6) is 0 Å². The van der Waals surface area contributed by atoms with Crippen LogP contribution in [0.2, 0.25) is 0 Å². The molecule has 1 aliphatic heterocycles. The van der Waals surface area contributed by atoms with Crippen molar-refractivity contribution in [3.05, 3.63) is 27.6 Å². The topological polar surface area (TPSA) is 69.2 Å². The number of nitrogens with zero attached hydrogens (tertiary/aromatic N) is 2. The smallest absolute Gasteiger partial charge is 0.268 e. The molecule has 2 aromatic rings. The Balaban J connectivity index is 1.73. The lowest BCUT2D eigenvalue weighted by molar-refractivity contribution is 0.248. The Labute approximate surface area is 114 Å². The Hall–Kier alpha value is -1.24. The number of aliphatic hydroxyl groups excluding tert-OH is 1. The highest BCUT2D eigenvalue weighted by Gasteiger charge is 2.22. The van der Waals surface area contributed by atoms with Crippen LogP contribution in [-0.2, 0) is 6.54 Å². The predicted molar refractivity (Wildman–Crippen MR) is 75.3 cm³/mol. The van der Waals surface area contributed by atoms with Crippen LogP contribution >= 0.6 is 11.3 Å². The summed E-state index contributed by atoms with van der Waals surface area (Å²) >= 11 is 1.42. The summed E-state index contributed by atoms with van der Waals surface area (Å²) in [6.07, 6.45) is 1.98. The summed E-state index contributed by atoms with van der Waals surface area (Å²) < 4.78 is 0.698. The Morgan fingerprint density at radius 1 is 1.58 bits per heavy atom. The molecular formula is C13H17N3O2S. The number of aliphatic hydroxyl groups is 1. The molecule has 2 N–H and O–H groups in total. The Morgan fingerprint density at radius 3 is 3.32 bits per heavy atom. The van der Waals surface area contributed by atoms with Crippen molar-refractivity contribution in [3.63, 3.8) is 0 Å². The maximum absolute atomic E-state index is 11.9. The van der Waals surface area contributed by atoms with Gasteiger partial charge in [-0.25, -0.2) is 4.98 Å². The van der Waals surface area contributed by atoms with Crippen LogP contribution in [0.1, 0.15) is 18.7 Å². The third kappa shape index (κ3) is 2.70. The second-order valence-corrected chi connectivity index (χ2v) is 5.97. The molecule has 102 valence electrons. The van der Waals surface area contributed by atoms with Crippen LogP contribution < -0.4 is 5.56 Å². The third-order valence-electron chi connectivity index (χ3n) is 3.64. The van der Waals surface area contributed by atoms with E-state index in [4.69, 9.17) is 5.11 Å². The number of aromatic nitrogens is 2. The monoisotopic (exact) mass is 279 g/mol. The first-order chi connectivity index (χ1) is 9.26. The van der Waals surface area contributed by atoms with Crippen LogP contribution in [0.25, 0.3) is 10.2 Å². The van der Waals surface area contributed by atoms with Crippen molar-refractivity contribution in [2.24, 2.45) is 5.92 Å². The standard InChI is InChI=1S/C13H17N3O2S/c17-5-2-9-1-4-16(7-9)8-11-14-10-3-6-19-12(10)13(18)15-11/h3,6,9,17H,1-2,4-5,7-8H2,(H,14,15,18). The lowest BCUT2D eigenvalue weighted by Crippen LogP contribution is -2.23. The molecule has 1 fully saturated rings. The van der Waals surface area contributed by atoms with Gasteiger partial charge in [0.1, 0.15) is 10.5 Å². The van der Waals surface area contributed by atoms with Gasteiger partial charge < -0.3 is 10.1 Å². The molecule has 19 heavy (non-hydrogen) atoms. The number of rotatable bonds is 4. The Kier molecular flexibility index (Phi) is 3.63. The highest BCUT2D eigenvalue weighted by Crippen LogP contribution is 2.21. The molecule has 1 aliphatic rings. The summed E-state index contributed by atoms with van der Waals surface area (Å²) in [5.74, 6) is 1.31. The van der Waals surface area contributed by atoms with E-state index in [0.29, 0.717) is 17.2 Å². The van der Waals surface area contributed by atoms with Crippen molar-refractivity contribution < 1.29 is 5.11 Å². The average molecular weight is 279 g/mol. The van der Waals surface area contributed by atoms with Crippen LogP contribution in [0.15, 0.2) is 16.2 Å². The van der Waals surface area contributed by atoms with E-state index in [1.54, 1.807) is 0 Å². The molecule has 0 bridgehead atoms. The summed E-state index contributed by atoms with van der Waals surface area (Å²) in [7, 11) is 0. The molecule has 0 saturated carbocycles. The second kappa shape index (κ2) is 5.40. The van der Waals surface area contributed by atoms with Crippen molar-refractivity contribution in [1.82, 2.24) is 14.9 Å². The van der Waals surface area contributed by atoms with Gasteiger partial charge in [0.15, 0.2) is 0 Å². The normalized spacial score (nSPS) is 20.4. The summed E-state index contributed by atoms with van der Waals surface area (Å²) in [5.41, 5.74) is 0.746. The molecule has 3 heterocycles. The highest BCUT2D eigenvalue weighted by molar-refractivity contribution is 7.17. The summed E-state index contributed by atoms with van der Waals surface area (Å²) in [5, 5.41) is 10.8. The fourth-order valence-corrected chi connectivity index (χ4v) is 3.41. The molecule has 0 spiro atoms. The fraction of sp³-hybridized carbons (Fsp3) is 0.538. The zero-order valence-corrected chi connectivity index (χ0v) is 11.4. The first kappa shape index (κ1) is 12.8. The quantitative estimate of drug-likeness (QED) is 0.882. The number of thiophene rings is 1. The molecule has 0 aromatic carbocycles. The van der Waals surface area contributed by atoms with Gasteiger partial charge in [0.2, 0.25) is 0 Å². The van der Waals surface area contributed by atoms with Gasteiger partial charge in [0.25, 0.3) is 5.56 Å². The summed E-state index contributed by atoms with van der Waals surface area (Å²) in [4.78, 5) is 21.5. The number of likely N-dealkylation sites (tertiary alicyclic amines) is 1. The SMILES string of the molecule is O=c1[nH]c(CN2CCC(CCO)C2)nc2ccsc12. The average Bonchev–Trinajstić information content (AvgIpc) is 2.99. The van der Waals surface area contributed by atoms with Crippen LogP contribution in [0.3, 0.4) is 0 Å². The van der Waals surface area contributed by atoms with Gasteiger partial charge in [0.05, 0.1) is 12.1 Å². The molecule has 1 saturated heterocycles. The minimum absolute atomic E-state index is 0.0406. The van der Waals surface area contributed by atoms with Gasteiger partial charge in [-0.05, 0) is 36.8 Å². The molecular weight excluding hydrogens is 262 g/mol. The van der Waals surface area contributed by atoms with Gasteiger partial charge in [-0.2, -0.15) is 0 Å². The molecule has 1 atom stereocenters. The number of H-pyrrole nitrogens is 1. The molecule has 0 aliphatic carbocycles. The van der Waals surface area contributed by atoms with E-state index in [2.05, 4.69) is 14.9 Å². The summed E-state index contributed by atoms with van der Waals surface area (Å²) in [6, 6.07) is 1.89. The number of hydrogen-bond donors (Lipinski definition) is 2. The van der Waals surface area contributed by atoms with Crippen LogP contribution in [0.4, 0.5) is 0 Å². The van der Waals surface area contributed by atoms with Crippen molar-refractivity contribution in [2.45, 2.75) is 19.4 Å². The highest BCUT2D eigenvalue weighted by atomic mass is 32.1. The van der Waals surface area contributed by atoms with Crippen molar-refractivity contribution in [1.29, 1.82) is 0 Å². The fourth-order valence-electron chi connectivity index (χ4n) is 2.68. The van der Waals surface area contributed by atoms with E-state index in [1.807, 2.05) is 11.4 Å². The van der Waals surface area contributed by atoms with Crippen molar-refractivity contribution in [3.8, 4) is 0 Å². The van der Waals surface area contributed by atoms with E-state index < -0.39 is 0 Å². The zero-order chi connectivity index (χ0) is 13.2. The minimum atomic E-state index is -0.0406. The molecule has 0 radical (unpaired) electrons. The molecule has 2 aromatic heterocycles. The second-order valence-electron chi connectivity index (χ2n) is 5.05. The van der Waals surface area contributed by atoms with Gasteiger partial charge in [-0.15, -0.1) is 11.3 Å². The maximum atomic E-state index is 11.9. The third-order valence-corrected chi connectivity index (χ3v) is 4.55. The number of aromatic amines is 1. The number of fused-ring (bicyclic) bond motifs is 1. The number of hydrogen-bond acceptors (Lipinski definition) is 5. The minimum Gasteiger partial charge on any atom is -0.396 e. The summed E-state index contributed by atoms with van der Waals surface area (Å²) in [6.45, 7) is 2.93. The van der Waals surface area contributed by atoms with E-state index in [9.17, 15) is 4.79 Å². The molecule has 1 unspecified atom stereocenters. The van der Waals surface area contributed by atoms with Crippen LogP contribution in [-0.4, -0.2) is 39.7 Å². The first-order valence-electron chi connectivity index (χ1n) is 6.56.